The molecule has 0 bridgehead atoms. The minimum atomic E-state index is -0.0779. The van der Waals surface area contributed by atoms with Gasteiger partial charge in [-0.05, 0) is 30.4 Å². The average Bonchev–Trinajstić information content (AvgIpc) is 2.73. The van der Waals surface area contributed by atoms with Crippen molar-refractivity contribution in [2.75, 3.05) is 18.6 Å². The topological polar surface area (TPSA) is 32.3 Å². The number of hydrogen-bond donors (Lipinski definition) is 1. The molecule has 3 nitrogen and oxygen atoms in total. The molecule has 0 spiro atoms. The smallest absolute Gasteiger partial charge is 0.241 e. The Hall–Kier alpha value is -0.710. The number of nitrogens with zero attached hydrogens (tertiary/aromatic N) is 1. The summed E-state index contributed by atoms with van der Waals surface area (Å²) < 4.78 is 0. The maximum Gasteiger partial charge on any atom is 0.241 e. The van der Waals surface area contributed by atoms with E-state index in [1.54, 1.807) is 11.8 Å². The first-order chi connectivity index (χ1) is 9.17. The third kappa shape index (κ3) is 3.25. The second-order valence-corrected chi connectivity index (χ2v) is 6.03. The largest absolute Gasteiger partial charge is 0.321 e. The van der Waals surface area contributed by atoms with E-state index in [1.165, 1.54) is 0 Å². The molecule has 2 rings (SSSR count). The van der Waals surface area contributed by atoms with Crippen LogP contribution in [0, 0.1) is 0 Å². The molecule has 1 amide bonds. The number of thioether (sulfide) groups is 1. The lowest BCUT2D eigenvalue weighted by atomic mass is 10.1. The van der Waals surface area contributed by atoms with E-state index in [1.807, 2.05) is 36.1 Å². The maximum atomic E-state index is 12.3. The highest BCUT2D eigenvalue weighted by atomic mass is 35.5. The summed E-state index contributed by atoms with van der Waals surface area (Å²) in [6.07, 6.45) is 2.81. The van der Waals surface area contributed by atoms with Gasteiger partial charge in [0.25, 0.3) is 0 Å². The van der Waals surface area contributed by atoms with Crippen LogP contribution in [0.2, 0.25) is 5.02 Å². The van der Waals surface area contributed by atoms with Crippen LogP contribution >= 0.6 is 23.4 Å². The summed E-state index contributed by atoms with van der Waals surface area (Å²) in [4.78, 5) is 14.3. The number of amides is 1. The Kier molecular flexibility index (Phi) is 5.13. The zero-order valence-corrected chi connectivity index (χ0v) is 12.8. The molecule has 5 heteroatoms. The van der Waals surface area contributed by atoms with Gasteiger partial charge in [0.15, 0.2) is 0 Å². The van der Waals surface area contributed by atoms with Gasteiger partial charge in [0.1, 0.15) is 6.17 Å². The molecule has 1 N–H and O–H groups in total. The van der Waals surface area contributed by atoms with Gasteiger partial charge >= 0.3 is 0 Å². The van der Waals surface area contributed by atoms with Gasteiger partial charge in [-0.3, -0.25) is 10.1 Å². The van der Waals surface area contributed by atoms with E-state index in [-0.39, 0.29) is 18.1 Å². The van der Waals surface area contributed by atoms with Crippen LogP contribution in [0.3, 0.4) is 0 Å². The fourth-order valence-electron chi connectivity index (χ4n) is 2.35. The molecule has 1 heterocycles. The van der Waals surface area contributed by atoms with Gasteiger partial charge in [-0.1, -0.05) is 30.7 Å². The summed E-state index contributed by atoms with van der Waals surface area (Å²) in [6.45, 7) is 2.79. The maximum absolute atomic E-state index is 12.3. The minimum absolute atomic E-state index is 0.0525. The monoisotopic (exact) mass is 298 g/mol. The summed E-state index contributed by atoms with van der Waals surface area (Å²) >= 11 is 7.80. The Bertz CT molecular complexity index is 455. The van der Waals surface area contributed by atoms with E-state index in [0.29, 0.717) is 5.02 Å². The van der Waals surface area contributed by atoms with Gasteiger partial charge in [0.05, 0.1) is 6.04 Å². The molecule has 1 aromatic carbocycles. The van der Waals surface area contributed by atoms with Crippen LogP contribution in [0.25, 0.3) is 0 Å². The summed E-state index contributed by atoms with van der Waals surface area (Å²) in [6, 6.07) is 7.64. The minimum Gasteiger partial charge on any atom is -0.321 e. The summed E-state index contributed by atoms with van der Waals surface area (Å²) in [7, 11) is 0. The van der Waals surface area contributed by atoms with Gasteiger partial charge in [0, 0.05) is 17.3 Å². The average molecular weight is 299 g/mol. The zero-order valence-electron chi connectivity index (χ0n) is 11.2. The van der Waals surface area contributed by atoms with Gasteiger partial charge in [-0.2, -0.15) is 11.8 Å². The quantitative estimate of drug-likeness (QED) is 0.907. The van der Waals surface area contributed by atoms with Crippen LogP contribution in [0.4, 0.5) is 0 Å². The van der Waals surface area contributed by atoms with Crippen molar-refractivity contribution >= 4 is 29.3 Å². The van der Waals surface area contributed by atoms with Crippen LogP contribution in [0.15, 0.2) is 24.3 Å². The van der Waals surface area contributed by atoms with E-state index >= 15 is 0 Å². The zero-order chi connectivity index (χ0) is 13.8. The van der Waals surface area contributed by atoms with Crippen molar-refractivity contribution in [3.8, 4) is 0 Å². The number of rotatable bonds is 5. The molecule has 0 saturated carbocycles. The molecule has 2 atom stereocenters. The highest BCUT2D eigenvalue weighted by molar-refractivity contribution is 7.98. The first-order valence-corrected chi connectivity index (χ1v) is 8.25. The Labute approximate surface area is 123 Å². The highest BCUT2D eigenvalue weighted by Crippen LogP contribution is 2.28. The molecular weight excluding hydrogens is 280 g/mol. The molecule has 104 valence electrons. The number of hydrogen-bond acceptors (Lipinski definition) is 3. The van der Waals surface area contributed by atoms with Crippen molar-refractivity contribution in [1.82, 2.24) is 10.2 Å². The number of nitrogens with one attached hydrogen (secondary N) is 1. The number of halogens is 1. The predicted molar refractivity (Wildman–Crippen MR) is 81.5 cm³/mol. The molecule has 1 saturated heterocycles. The molecule has 1 aliphatic rings. The highest BCUT2D eigenvalue weighted by Gasteiger charge is 2.38. The lowest BCUT2D eigenvalue weighted by molar-refractivity contribution is -0.129. The van der Waals surface area contributed by atoms with Gasteiger partial charge in [-0.25, -0.2) is 0 Å². The van der Waals surface area contributed by atoms with E-state index < -0.39 is 0 Å². The number of carbonyl (C=O) groups is 1. The number of carbonyl (C=O) groups excluding carboxylic acids is 1. The van der Waals surface area contributed by atoms with Gasteiger partial charge in [-0.15, -0.1) is 0 Å². The molecule has 2 unspecified atom stereocenters. The van der Waals surface area contributed by atoms with Crippen LogP contribution < -0.4 is 5.32 Å². The Morgan fingerprint density at radius 2 is 2.26 bits per heavy atom. The van der Waals surface area contributed by atoms with Crippen molar-refractivity contribution < 1.29 is 4.79 Å². The Morgan fingerprint density at radius 3 is 2.89 bits per heavy atom. The Balaban J connectivity index is 2.23. The normalized spacial score (nSPS) is 23.1. The molecule has 0 aromatic heterocycles. The lowest BCUT2D eigenvalue weighted by Gasteiger charge is -2.24. The lowest BCUT2D eigenvalue weighted by Crippen LogP contribution is -2.32. The van der Waals surface area contributed by atoms with Crippen molar-refractivity contribution in [3.63, 3.8) is 0 Å². The number of benzene rings is 1. The molecule has 1 aromatic rings. The predicted octanol–water partition coefficient (Wildman–Crippen LogP) is 2.91. The summed E-state index contributed by atoms with van der Waals surface area (Å²) in [5.41, 5.74) is 1.05. The van der Waals surface area contributed by atoms with Crippen molar-refractivity contribution in [1.29, 1.82) is 0 Å². The first kappa shape index (κ1) is 14.7. The van der Waals surface area contributed by atoms with Gasteiger partial charge < -0.3 is 4.90 Å². The summed E-state index contributed by atoms with van der Waals surface area (Å²) in [5, 5.41) is 4.11. The molecular formula is C14H19ClN2OS. The van der Waals surface area contributed by atoms with E-state index in [9.17, 15) is 4.79 Å². The third-order valence-corrected chi connectivity index (χ3v) is 4.19. The molecule has 1 aliphatic heterocycles. The molecule has 0 aliphatic carbocycles. The van der Waals surface area contributed by atoms with Crippen LogP contribution in [0.1, 0.15) is 25.1 Å². The molecule has 1 fully saturated rings. The van der Waals surface area contributed by atoms with Crippen molar-refractivity contribution in [3.05, 3.63) is 34.9 Å². The van der Waals surface area contributed by atoms with Gasteiger partial charge in [0.2, 0.25) is 5.91 Å². The van der Waals surface area contributed by atoms with Crippen LogP contribution in [-0.4, -0.2) is 35.4 Å². The molecule has 19 heavy (non-hydrogen) atoms. The van der Waals surface area contributed by atoms with Crippen molar-refractivity contribution in [2.24, 2.45) is 0 Å². The second kappa shape index (κ2) is 6.64. The fourth-order valence-corrected chi connectivity index (χ4v) is 2.93. The van der Waals surface area contributed by atoms with Crippen LogP contribution in [-0.2, 0) is 4.79 Å². The Morgan fingerprint density at radius 1 is 1.47 bits per heavy atom. The fraction of sp³-hybridized carbons (Fsp3) is 0.500. The SMILES string of the molecule is CCC1NC(c2cccc(Cl)c2)N(CCSC)C1=O. The van der Waals surface area contributed by atoms with Crippen molar-refractivity contribution in [2.45, 2.75) is 25.6 Å². The second-order valence-electron chi connectivity index (χ2n) is 4.61. The van der Waals surface area contributed by atoms with E-state index in [2.05, 4.69) is 11.6 Å². The van der Waals surface area contributed by atoms with E-state index in [0.717, 1.165) is 24.3 Å². The standard InChI is InChI=1S/C14H19ClN2OS/c1-3-12-14(18)17(7-8-19-2)13(16-12)10-5-4-6-11(15)9-10/h4-6,9,12-13,16H,3,7-8H2,1-2H3. The van der Waals surface area contributed by atoms with Crippen LogP contribution in [0.5, 0.6) is 0 Å². The summed E-state index contributed by atoms with van der Waals surface area (Å²) in [5.74, 6) is 1.14. The first-order valence-electron chi connectivity index (χ1n) is 6.48. The third-order valence-electron chi connectivity index (χ3n) is 3.36. The molecule has 0 radical (unpaired) electrons. The van der Waals surface area contributed by atoms with E-state index in [4.69, 9.17) is 11.6 Å².